The van der Waals surface area contributed by atoms with Crippen molar-refractivity contribution in [3.8, 4) is 0 Å². The number of hydrogen-bond donors (Lipinski definition) is 1. The Morgan fingerprint density at radius 2 is 2.31 bits per heavy atom. The maximum absolute atomic E-state index is 10.8. The molecule has 88 valence electrons. The van der Waals surface area contributed by atoms with Gasteiger partial charge in [0.2, 0.25) is 0 Å². The summed E-state index contributed by atoms with van der Waals surface area (Å²) in [6.07, 6.45) is 1.17. The molecule has 0 fully saturated rings. The van der Waals surface area contributed by atoms with Crippen LogP contribution in [0.3, 0.4) is 0 Å². The van der Waals surface area contributed by atoms with Gasteiger partial charge >= 0.3 is 5.97 Å². The van der Waals surface area contributed by atoms with Gasteiger partial charge in [0.05, 0.1) is 12.1 Å². The topological polar surface area (TPSA) is 38.3 Å². The first kappa shape index (κ1) is 13.3. The molecule has 16 heavy (non-hydrogen) atoms. The van der Waals surface area contributed by atoms with Crippen LogP contribution in [0.1, 0.15) is 12.8 Å². The Bertz CT molecular complexity index is 371. The van der Waals surface area contributed by atoms with E-state index < -0.39 is 0 Å². The lowest BCUT2D eigenvalue weighted by Crippen LogP contribution is -2.06. The molecule has 1 rings (SSSR count). The fourth-order valence-corrected chi connectivity index (χ4v) is 1.67. The van der Waals surface area contributed by atoms with Crippen LogP contribution in [-0.2, 0) is 9.53 Å². The van der Waals surface area contributed by atoms with Crippen molar-refractivity contribution in [1.29, 1.82) is 0 Å². The molecule has 0 bridgehead atoms. The molecule has 0 heterocycles. The van der Waals surface area contributed by atoms with Crippen molar-refractivity contribution >= 4 is 39.2 Å². The molecule has 1 aromatic carbocycles. The van der Waals surface area contributed by atoms with Crippen molar-refractivity contribution in [1.82, 2.24) is 0 Å². The first-order valence-electron chi connectivity index (χ1n) is 4.89. The average molecular weight is 307 g/mol. The first-order chi connectivity index (χ1) is 7.63. The van der Waals surface area contributed by atoms with Crippen LogP contribution in [0.2, 0.25) is 5.02 Å². The maximum Gasteiger partial charge on any atom is 0.305 e. The monoisotopic (exact) mass is 305 g/mol. The molecule has 0 aromatic heterocycles. The number of halogens is 2. The molecule has 0 unspecified atom stereocenters. The van der Waals surface area contributed by atoms with Crippen LogP contribution in [0.25, 0.3) is 0 Å². The number of rotatable bonds is 5. The largest absolute Gasteiger partial charge is 0.469 e. The van der Waals surface area contributed by atoms with Crippen molar-refractivity contribution in [3.63, 3.8) is 0 Å². The van der Waals surface area contributed by atoms with E-state index in [4.69, 9.17) is 11.6 Å². The molecule has 0 aliphatic rings. The van der Waals surface area contributed by atoms with Gasteiger partial charge in [0.15, 0.2) is 0 Å². The minimum atomic E-state index is -0.181. The molecule has 0 atom stereocenters. The molecule has 0 aliphatic heterocycles. The number of benzene rings is 1. The normalized spacial score (nSPS) is 9.94. The Morgan fingerprint density at radius 1 is 1.56 bits per heavy atom. The van der Waals surface area contributed by atoms with Gasteiger partial charge in [0, 0.05) is 23.1 Å². The Morgan fingerprint density at radius 3 is 2.94 bits per heavy atom. The van der Waals surface area contributed by atoms with E-state index >= 15 is 0 Å². The fraction of sp³-hybridized carbons (Fsp3) is 0.364. The van der Waals surface area contributed by atoms with E-state index in [1.165, 1.54) is 7.11 Å². The lowest BCUT2D eigenvalue weighted by atomic mass is 10.3. The molecule has 0 saturated carbocycles. The smallest absolute Gasteiger partial charge is 0.305 e. The summed E-state index contributed by atoms with van der Waals surface area (Å²) in [6.45, 7) is 0.725. The van der Waals surface area contributed by atoms with Gasteiger partial charge in [-0.1, -0.05) is 11.6 Å². The third-order valence-corrected chi connectivity index (χ3v) is 3.25. The number of esters is 1. The Labute approximate surface area is 108 Å². The van der Waals surface area contributed by atoms with Gasteiger partial charge < -0.3 is 10.1 Å². The van der Waals surface area contributed by atoms with Gasteiger partial charge in [0.1, 0.15) is 0 Å². The van der Waals surface area contributed by atoms with Gasteiger partial charge in [-0.3, -0.25) is 4.79 Å². The van der Waals surface area contributed by atoms with Crippen LogP contribution in [0.5, 0.6) is 0 Å². The highest BCUT2D eigenvalue weighted by molar-refractivity contribution is 9.10. The Hall–Kier alpha value is -0.740. The van der Waals surface area contributed by atoms with Gasteiger partial charge in [-0.25, -0.2) is 0 Å². The van der Waals surface area contributed by atoms with Crippen LogP contribution in [0.4, 0.5) is 5.69 Å². The minimum absolute atomic E-state index is 0.181. The molecule has 5 heteroatoms. The summed E-state index contributed by atoms with van der Waals surface area (Å²) in [7, 11) is 1.39. The van der Waals surface area contributed by atoms with Crippen molar-refractivity contribution in [2.45, 2.75) is 12.8 Å². The van der Waals surface area contributed by atoms with Crippen molar-refractivity contribution < 1.29 is 9.53 Å². The second kappa shape index (κ2) is 6.76. The summed E-state index contributed by atoms with van der Waals surface area (Å²) in [5.74, 6) is -0.181. The third kappa shape index (κ3) is 4.41. The van der Waals surface area contributed by atoms with Crippen LogP contribution in [-0.4, -0.2) is 19.6 Å². The molecule has 0 radical (unpaired) electrons. The number of hydrogen-bond acceptors (Lipinski definition) is 3. The second-order valence-corrected chi connectivity index (χ2v) is 4.50. The van der Waals surface area contributed by atoms with E-state index in [9.17, 15) is 4.79 Å². The summed E-state index contributed by atoms with van der Waals surface area (Å²) in [6, 6.07) is 5.61. The molecule has 0 aliphatic carbocycles. The summed E-state index contributed by atoms with van der Waals surface area (Å²) < 4.78 is 5.40. The van der Waals surface area contributed by atoms with Crippen LogP contribution in [0.15, 0.2) is 22.7 Å². The summed E-state index contributed by atoms with van der Waals surface area (Å²) >= 11 is 9.21. The fourth-order valence-electron chi connectivity index (χ4n) is 1.17. The zero-order valence-electron chi connectivity index (χ0n) is 8.93. The van der Waals surface area contributed by atoms with E-state index in [-0.39, 0.29) is 5.97 Å². The quantitative estimate of drug-likeness (QED) is 0.669. The van der Waals surface area contributed by atoms with E-state index in [0.717, 1.165) is 23.1 Å². The van der Waals surface area contributed by atoms with Gasteiger partial charge in [-0.05, 0) is 40.5 Å². The standard InChI is InChI=1S/C11H13BrClNO2/c1-16-11(15)3-2-6-14-8-4-5-10(13)9(12)7-8/h4-5,7,14H,2-3,6H2,1H3. The predicted molar refractivity (Wildman–Crippen MR) is 68.9 cm³/mol. The molecular weight excluding hydrogens is 293 g/mol. The molecular formula is C11H13BrClNO2. The maximum atomic E-state index is 10.8. The lowest BCUT2D eigenvalue weighted by Gasteiger charge is -2.06. The molecule has 1 aromatic rings. The van der Waals surface area contributed by atoms with Gasteiger partial charge in [-0.15, -0.1) is 0 Å². The van der Waals surface area contributed by atoms with Crippen molar-refractivity contribution in [2.24, 2.45) is 0 Å². The van der Waals surface area contributed by atoms with Crippen LogP contribution >= 0.6 is 27.5 Å². The number of nitrogens with one attached hydrogen (secondary N) is 1. The molecule has 0 amide bonds. The van der Waals surface area contributed by atoms with E-state index in [0.29, 0.717) is 11.4 Å². The summed E-state index contributed by atoms with van der Waals surface area (Å²) in [5, 5.41) is 3.88. The lowest BCUT2D eigenvalue weighted by molar-refractivity contribution is -0.140. The Balaban J connectivity index is 2.32. The minimum Gasteiger partial charge on any atom is -0.469 e. The molecule has 0 spiro atoms. The third-order valence-electron chi connectivity index (χ3n) is 2.03. The van der Waals surface area contributed by atoms with Crippen LogP contribution in [0, 0.1) is 0 Å². The van der Waals surface area contributed by atoms with E-state index in [1.54, 1.807) is 0 Å². The molecule has 1 N–H and O–H groups in total. The second-order valence-electron chi connectivity index (χ2n) is 3.24. The number of methoxy groups -OCH3 is 1. The van der Waals surface area contributed by atoms with Crippen molar-refractivity contribution in [2.75, 3.05) is 19.0 Å². The highest BCUT2D eigenvalue weighted by Gasteiger charge is 2.00. The average Bonchev–Trinajstić information content (AvgIpc) is 2.28. The molecule has 3 nitrogen and oxygen atoms in total. The molecule has 0 saturated heterocycles. The van der Waals surface area contributed by atoms with E-state index in [2.05, 4.69) is 26.0 Å². The van der Waals surface area contributed by atoms with E-state index in [1.807, 2.05) is 18.2 Å². The summed E-state index contributed by atoms with van der Waals surface area (Å²) in [4.78, 5) is 10.8. The Kier molecular flexibility index (Phi) is 5.63. The summed E-state index contributed by atoms with van der Waals surface area (Å²) in [5.41, 5.74) is 0.973. The van der Waals surface area contributed by atoms with Crippen molar-refractivity contribution in [3.05, 3.63) is 27.7 Å². The zero-order chi connectivity index (χ0) is 12.0. The highest BCUT2D eigenvalue weighted by atomic mass is 79.9. The van der Waals surface area contributed by atoms with Crippen LogP contribution < -0.4 is 5.32 Å². The first-order valence-corrected chi connectivity index (χ1v) is 6.06. The van der Waals surface area contributed by atoms with Gasteiger partial charge in [-0.2, -0.15) is 0 Å². The number of carbonyl (C=O) groups is 1. The predicted octanol–water partition coefficient (Wildman–Crippen LogP) is 3.47. The number of carbonyl (C=O) groups excluding carboxylic acids is 1. The van der Waals surface area contributed by atoms with Gasteiger partial charge in [0.25, 0.3) is 0 Å². The number of ether oxygens (including phenoxy) is 1. The SMILES string of the molecule is COC(=O)CCCNc1ccc(Cl)c(Br)c1. The number of anilines is 1. The zero-order valence-corrected chi connectivity index (χ0v) is 11.3. The highest BCUT2D eigenvalue weighted by Crippen LogP contribution is 2.25.